The molecule has 5 rings (SSSR count). The molecule has 3 aromatic carbocycles. The third-order valence-electron chi connectivity index (χ3n) is 6.70. The second kappa shape index (κ2) is 9.18. The highest BCUT2D eigenvalue weighted by molar-refractivity contribution is 6.35. The van der Waals surface area contributed by atoms with Crippen LogP contribution in [-0.4, -0.2) is 47.8 Å². The van der Waals surface area contributed by atoms with Gasteiger partial charge in [0, 0.05) is 31.9 Å². The zero-order chi connectivity index (χ0) is 23.7. The molecule has 172 valence electrons. The third kappa shape index (κ3) is 4.10. The first-order chi connectivity index (χ1) is 16.5. The number of benzene rings is 3. The zero-order valence-corrected chi connectivity index (χ0v) is 19.7. The molecule has 1 fully saturated rings. The maximum Gasteiger partial charge on any atom is 0.278 e. The van der Waals surface area contributed by atoms with Crippen LogP contribution in [0.5, 0.6) is 0 Å². The summed E-state index contributed by atoms with van der Waals surface area (Å²) in [7, 11) is 0. The molecule has 0 N–H and O–H groups in total. The highest BCUT2D eigenvalue weighted by Crippen LogP contribution is 2.35. The fourth-order valence-corrected chi connectivity index (χ4v) is 4.93. The molecular formula is C29H29N3O2. The Bertz CT molecular complexity index is 1240. The van der Waals surface area contributed by atoms with Crippen LogP contribution in [0.1, 0.15) is 22.3 Å². The molecule has 0 aliphatic carbocycles. The molecule has 2 aliphatic heterocycles. The lowest BCUT2D eigenvalue weighted by Gasteiger charge is -2.37. The van der Waals surface area contributed by atoms with Crippen molar-refractivity contribution in [1.29, 1.82) is 0 Å². The Balaban J connectivity index is 1.48. The van der Waals surface area contributed by atoms with Crippen molar-refractivity contribution in [2.45, 2.75) is 20.4 Å². The molecule has 5 heteroatoms. The summed E-state index contributed by atoms with van der Waals surface area (Å²) < 4.78 is 0. The van der Waals surface area contributed by atoms with E-state index < -0.39 is 0 Å². The minimum Gasteiger partial charge on any atom is -0.368 e. The highest BCUT2D eigenvalue weighted by atomic mass is 16.2. The zero-order valence-electron chi connectivity index (χ0n) is 19.7. The van der Waals surface area contributed by atoms with Gasteiger partial charge in [0.05, 0.1) is 12.1 Å². The number of hydrogen-bond acceptors (Lipinski definition) is 4. The summed E-state index contributed by atoms with van der Waals surface area (Å²) in [5.74, 6) is -0.404. The van der Waals surface area contributed by atoms with Crippen molar-refractivity contribution in [3.8, 4) is 0 Å². The van der Waals surface area contributed by atoms with Gasteiger partial charge in [0.25, 0.3) is 11.8 Å². The smallest absolute Gasteiger partial charge is 0.278 e. The van der Waals surface area contributed by atoms with Crippen LogP contribution >= 0.6 is 0 Å². The van der Waals surface area contributed by atoms with E-state index in [1.807, 2.05) is 74.5 Å². The number of nitrogens with zero attached hydrogens (tertiary/aromatic N) is 3. The topological polar surface area (TPSA) is 43.9 Å². The van der Waals surface area contributed by atoms with E-state index in [-0.39, 0.29) is 18.4 Å². The first-order valence-electron chi connectivity index (χ1n) is 11.8. The predicted octanol–water partition coefficient (Wildman–Crippen LogP) is 4.41. The summed E-state index contributed by atoms with van der Waals surface area (Å²) in [5.41, 5.74) is 6.20. The highest BCUT2D eigenvalue weighted by Gasteiger charge is 2.42. The lowest BCUT2D eigenvalue weighted by Crippen LogP contribution is -2.47. The Morgan fingerprint density at radius 1 is 0.706 bits per heavy atom. The molecule has 0 radical (unpaired) electrons. The van der Waals surface area contributed by atoms with E-state index in [2.05, 4.69) is 28.0 Å². The molecule has 5 nitrogen and oxygen atoms in total. The van der Waals surface area contributed by atoms with Gasteiger partial charge in [-0.2, -0.15) is 0 Å². The number of hydrogen-bond donors (Lipinski definition) is 0. The fourth-order valence-electron chi connectivity index (χ4n) is 4.93. The minimum absolute atomic E-state index is 0.197. The number of rotatable bonds is 5. The largest absolute Gasteiger partial charge is 0.368 e. The number of anilines is 1. The number of imide groups is 1. The van der Waals surface area contributed by atoms with Gasteiger partial charge in [-0.3, -0.25) is 14.5 Å². The van der Waals surface area contributed by atoms with E-state index in [0.717, 1.165) is 35.3 Å². The summed E-state index contributed by atoms with van der Waals surface area (Å²) in [6, 6.07) is 26.1. The number of aryl methyl sites for hydroxylation is 2. The first-order valence-corrected chi connectivity index (χ1v) is 11.8. The van der Waals surface area contributed by atoms with Gasteiger partial charge in [-0.1, -0.05) is 72.3 Å². The van der Waals surface area contributed by atoms with Gasteiger partial charge in [0.1, 0.15) is 5.70 Å². The molecule has 0 unspecified atom stereocenters. The summed E-state index contributed by atoms with van der Waals surface area (Å²) in [6.07, 6.45) is 0. The van der Waals surface area contributed by atoms with E-state index in [1.165, 1.54) is 10.6 Å². The van der Waals surface area contributed by atoms with Gasteiger partial charge in [0.15, 0.2) is 0 Å². The summed E-state index contributed by atoms with van der Waals surface area (Å²) >= 11 is 0. The Morgan fingerprint density at radius 3 is 1.97 bits per heavy atom. The van der Waals surface area contributed by atoms with Crippen molar-refractivity contribution in [3.63, 3.8) is 0 Å². The second-order valence-corrected chi connectivity index (χ2v) is 9.03. The van der Waals surface area contributed by atoms with Crippen LogP contribution in [0.2, 0.25) is 0 Å². The minimum atomic E-state index is -0.207. The molecule has 0 saturated carbocycles. The van der Waals surface area contributed by atoms with E-state index in [4.69, 9.17) is 0 Å². The van der Waals surface area contributed by atoms with Crippen LogP contribution < -0.4 is 4.90 Å². The van der Waals surface area contributed by atoms with Gasteiger partial charge in [-0.05, 0) is 42.7 Å². The molecule has 0 atom stereocenters. The van der Waals surface area contributed by atoms with Crippen LogP contribution in [0, 0.1) is 13.8 Å². The quantitative estimate of drug-likeness (QED) is 0.539. The number of amides is 2. The molecule has 2 aliphatic rings. The molecule has 0 aromatic heterocycles. The van der Waals surface area contributed by atoms with Crippen molar-refractivity contribution < 1.29 is 9.59 Å². The summed E-state index contributed by atoms with van der Waals surface area (Å²) in [6.45, 7) is 7.31. The lowest BCUT2D eigenvalue weighted by molar-refractivity contribution is -0.138. The molecule has 2 heterocycles. The van der Waals surface area contributed by atoms with Crippen molar-refractivity contribution in [1.82, 2.24) is 9.80 Å². The number of piperazine rings is 1. The van der Waals surface area contributed by atoms with Crippen molar-refractivity contribution >= 4 is 23.1 Å². The number of carbonyl (C=O) groups is 2. The van der Waals surface area contributed by atoms with Crippen molar-refractivity contribution in [2.75, 3.05) is 31.1 Å². The van der Waals surface area contributed by atoms with Gasteiger partial charge >= 0.3 is 0 Å². The SMILES string of the molecule is Cc1ccc(C2=C(N3CCN(c4ccccc4)CC3)C(=O)N(Cc3ccccc3)C2=O)c(C)c1. The average Bonchev–Trinajstić information content (AvgIpc) is 3.10. The molecular weight excluding hydrogens is 422 g/mol. The molecule has 3 aromatic rings. The van der Waals surface area contributed by atoms with Crippen molar-refractivity contribution in [3.05, 3.63) is 107 Å². The summed E-state index contributed by atoms with van der Waals surface area (Å²) in [5, 5.41) is 0. The van der Waals surface area contributed by atoms with E-state index >= 15 is 0 Å². The molecule has 0 spiro atoms. The molecule has 1 saturated heterocycles. The summed E-state index contributed by atoms with van der Waals surface area (Å²) in [4.78, 5) is 33.3. The van der Waals surface area contributed by atoms with E-state index in [0.29, 0.717) is 24.4 Å². The molecule has 2 amide bonds. The van der Waals surface area contributed by atoms with Crippen LogP contribution in [0.15, 0.2) is 84.6 Å². The van der Waals surface area contributed by atoms with Crippen LogP contribution in [0.4, 0.5) is 5.69 Å². The number of carbonyl (C=O) groups excluding carboxylic acids is 2. The Kier molecular flexibility index (Phi) is 5.93. The second-order valence-electron chi connectivity index (χ2n) is 9.03. The number of para-hydroxylation sites is 1. The van der Waals surface area contributed by atoms with Gasteiger partial charge < -0.3 is 9.80 Å². The monoisotopic (exact) mass is 451 g/mol. The third-order valence-corrected chi connectivity index (χ3v) is 6.70. The van der Waals surface area contributed by atoms with Gasteiger partial charge in [-0.15, -0.1) is 0 Å². The fraction of sp³-hybridized carbons (Fsp3) is 0.241. The standard InChI is InChI=1S/C29H29N3O2/c1-21-13-14-25(22(2)19-21)26-27(29(34)32(28(26)33)20-23-9-5-3-6-10-23)31-17-15-30(16-18-31)24-11-7-4-8-12-24/h3-14,19H,15-18,20H2,1-2H3. The molecule has 0 bridgehead atoms. The maximum absolute atomic E-state index is 13.7. The van der Waals surface area contributed by atoms with Crippen LogP contribution in [-0.2, 0) is 16.1 Å². The average molecular weight is 452 g/mol. The van der Waals surface area contributed by atoms with Crippen LogP contribution in [0.3, 0.4) is 0 Å². The molecule has 34 heavy (non-hydrogen) atoms. The van der Waals surface area contributed by atoms with Crippen LogP contribution in [0.25, 0.3) is 5.57 Å². The first kappa shape index (κ1) is 22.0. The predicted molar refractivity (Wildman–Crippen MR) is 135 cm³/mol. The van der Waals surface area contributed by atoms with E-state index in [1.54, 1.807) is 0 Å². The Morgan fingerprint density at radius 2 is 1.32 bits per heavy atom. The normalized spacial score (nSPS) is 16.6. The Hall–Kier alpha value is -3.86. The van der Waals surface area contributed by atoms with Gasteiger partial charge in [-0.25, -0.2) is 0 Å². The van der Waals surface area contributed by atoms with E-state index in [9.17, 15) is 9.59 Å². The van der Waals surface area contributed by atoms with Gasteiger partial charge in [0.2, 0.25) is 0 Å². The lowest BCUT2D eigenvalue weighted by atomic mass is 9.97. The van der Waals surface area contributed by atoms with Crippen molar-refractivity contribution in [2.24, 2.45) is 0 Å². The maximum atomic E-state index is 13.7. The Labute approximate surface area is 200 Å².